The minimum Gasteiger partial charge on any atom is -0.490 e. The number of benzene rings is 3. The van der Waals surface area contributed by atoms with Gasteiger partial charge in [0.1, 0.15) is 18.5 Å². The molecular weight excluding hydrogens is 612 g/mol. The molecule has 0 spiro atoms. The molecule has 0 unspecified atom stereocenters. The minimum atomic E-state index is -0.703. The number of hydrogen-bond donors (Lipinski definition) is 0. The van der Waals surface area contributed by atoms with E-state index < -0.39 is 12.0 Å². The maximum absolute atomic E-state index is 14.1. The number of halogens is 1. The molecule has 10 heteroatoms. The van der Waals surface area contributed by atoms with E-state index in [4.69, 9.17) is 19.2 Å². The molecule has 0 saturated heterocycles. The fourth-order valence-electron chi connectivity index (χ4n) is 5.08. The molecule has 0 bridgehead atoms. The summed E-state index contributed by atoms with van der Waals surface area (Å²) in [6.07, 6.45) is 1.77. The number of esters is 1. The van der Waals surface area contributed by atoms with Crippen LogP contribution in [0, 0.1) is 5.82 Å². The standard InChI is InChI=1S/C35H29FN2O5S2/c1-3-41-27-19-22(16-17-26(27)43-21-24-13-8-9-14-25(24)36)20-29-33(39)38-32(28-15-10-18-44-28)30(34(40)42-4-2)31(37-35(38)45-29)23-11-6-5-7-12-23/h5-20,32H,3-4,21H2,1-2H3/b29-20-/t32-/m0/s1. The first-order chi connectivity index (χ1) is 22.0. The number of ether oxygens (including phenoxy) is 3. The number of fused-ring (bicyclic) bond motifs is 1. The van der Waals surface area contributed by atoms with E-state index in [1.165, 1.54) is 28.7 Å². The summed E-state index contributed by atoms with van der Waals surface area (Å²) in [4.78, 5) is 33.8. The second-order valence-corrected chi connectivity index (χ2v) is 12.0. The topological polar surface area (TPSA) is 79.1 Å². The highest BCUT2D eigenvalue weighted by atomic mass is 32.1. The fraction of sp³-hybridized carbons (Fsp3) is 0.171. The number of carbonyl (C=O) groups is 1. The lowest BCUT2D eigenvalue weighted by molar-refractivity contribution is -0.138. The summed E-state index contributed by atoms with van der Waals surface area (Å²) in [6.45, 7) is 4.24. The molecule has 1 aliphatic heterocycles. The van der Waals surface area contributed by atoms with Crippen LogP contribution in [0.1, 0.15) is 41.5 Å². The van der Waals surface area contributed by atoms with Gasteiger partial charge in [-0.15, -0.1) is 11.3 Å². The Bertz CT molecular complexity index is 2050. The van der Waals surface area contributed by atoms with E-state index in [1.807, 2.05) is 60.8 Å². The Labute approximate surface area is 266 Å². The number of thiazole rings is 1. The van der Waals surface area contributed by atoms with Crippen LogP contribution in [0.5, 0.6) is 11.5 Å². The molecule has 1 aliphatic rings. The quantitative estimate of drug-likeness (QED) is 0.172. The predicted octanol–water partition coefficient (Wildman–Crippen LogP) is 6.11. The molecule has 45 heavy (non-hydrogen) atoms. The summed E-state index contributed by atoms with van der Waals surface area (Å²) in [7, 11) is 0. The zero-order chi connectivity index (χ0) is 31.3. The first-order valence-electron chi connectivity index (χ1n) is 14.4. The number of rotatable bonds is 10. The third kappa shape index (κ3) is 6.25. The van der Waals surface area contributed by atoms with Crippen molar-refractivity contribution >= 4 is 40.4 Å². The fourth-order valence-corrected chi connectivity index (χ4v) is 6.91. The van der Waals surface area contributed by atoms with Gasteiger partial charge in [-0.3, -0.25) is 9.36 Å². The molecule has 0 fully saturated rings. The van der Waals surface area contributed by atoms with Gasteiger partial charge < -0.3 is 14.2 Å². The van der Waals surface area contributed by atoms with E-state index in [-0.39, 0.29) is 24.6 Å². The summed E-state index contributed by atoms with van der Waals surface area (Å²) < 4.78 is 33.4. The van der Waals surface area contributed by atoms with Crippen molar-refractivity contribution < 1.29 is 23.4 Å². The van der Waals surface area contributed by atoms with Crippen LogP contribution in [0.4, 0.5) is 4.39 Å². The van der Waals surface area contributed by atoms with Gasteiger partial charge in [0.15, 0.2) is 16.3 Å². The van der Waals surface area contributed by atoms with Crippen molar-refractivity contribution in [3.63, 3.8) is 0 Å². The Morgan fingerprint density at radius 1 is 0.956 bits per heavy atom. The normalized spacial score (nSPS) is 14.6. The van der Waals surface area contributed by atoms with Crippen LogP contribution >= 0.6 is 22.7 Å². The Balaban J connectivity index is 1.45. The Hall–Kier alpha value is -4.80. The van der Waals surface area contributed by atoms with Gasteiger partial charge in [0.25, 0.3) is 5.56 Å². The Kier molecular flexibility index (Phi) is 9.04. The van der Waals surface area contributed by atoms with Crippen LogP contribution in [-0.4, -0.2) is 23.8 Å². The molecule has 2 aromatic heterocycles. The number of hydrogen-bond acceptors (Lipinski definition) is 8. The van der Waals surface area contributed by atoms with Crippen LogP contribution in [0.15, 0.2) is 106 Å². The van der Waals surface area contributed by atoms with Crippen LogP contribution < -0.4 is 24.4 Å². The second kappa shape index (κ2) is 13.5. The van der Waals surface area contributed by atoms with E-state index >= 15 is 0 Å². The molecule has 6 rings (SSSR count). The summed E-state index contributed by atoms with van der Waals surface area (Å²) in [5, 5.41) is 1.92. The monoisotopic (exact) mass is 640 g/mol. The van der Waals surface area contributed by atoms with Gasteiger partial charge in [0, 0.05) is 16.0 Å². The molecule has 0 N–H and O–H groups in total. The molecule has 0 radical (unpaired) electrons. The van der Waals surface area contributed by atoms with Crippen LogP contribution in [0.25, 0.3) is 11.8 Å². The molecule has 0 aliphatic carbocycles. The summed E-state index contributed by atoms with van der Waals surface area (Å²) in [5.74, 6) is 0.0794. The zero-order valence-corrected chi connectivity index (χ0v) is 26.2. The average Bonchev–Trinajstić information content (AvgIpc) is 3.69. The number of nitrogens with zero attached hydrogens (tertiary/aromatic N) is 2. The SMILES string of the molecule is CCOC(=O)C1=C(c2ccccc2)N=c2s/c(=C\c3ccc(OCc4ccccc4F)c(OCC)c3)c(=O)n2[C@H]1c1cccs1. The molecule has 3 aromatic carbocycles. The van der Waals surface area contributed by atoms with Crippen molar-refractivity contribution in [3.8, 4) is 11.5 Å². The van der Waals surface area contributed by atoms with Crippen molar-refractivity contribution in [3.05, 3.63) is 143 Å². The third-order valence-electron chi connectivity index (χ3n) is 7.09. The predicted molar refractivity (Wildman–Crippen MR) is 174 cm³/mol. The minimum absolute atomic E-state index is 0.0416. The largest absolute Gasteiger partial charge is 0.490 e. The van der Waals surface area contributed by atoms with E-state index in [1.54, 1.807) is 47.9 Å². The maximum Gasteiger partial charge on any atom is 0.338 e. The molecule has 3 heterocycles. The average molecular weight is 641 g/mol. The molecule has 1 atom stereocenters. The summed E-state index contributed by atoms with van der Waals surface area (Å²) >= 11 is 2.71. The molecular formula is C35H29FN2O5S2. The van der Waals surface area contributed by atoms with Gasteiger partial charge >= 0.3 is 5.97 Å². The van der Waals surface area contributed by atoms with E-state index in [2.05, 4.69) is 0 Å². The van der Waals surface area contributed by atoms with Crippen molar-refractivity contribution in [1.29, 1.82) is 0 Å². The van der Waals surface area contributed by atoms with Crippen molar-refractivity contribution in [2.45, 2.75) is 26.5 Å². The van der Waals surface area contributed by atoms with Gasteiger partial charge in [0.05, 0.1) is 29.0 Å². The second-order valence-electron chi connectivity index (χ2n) is 9.97. The van der Waals surface area contributed by atoms with E-state index in [9.17, 15) is 14.0 Å². The summed E-state index contributed by atoms with van der Waals surface area (Å²) in [6, 6.07) is 24.3. The van der Waals surface area contributed by atoms with E-state index in [0.29, 0.717) is 49.8 Å². The highest BCUT2D eigenvalue weighted by Gasteiger charge is 2.35. The van der Waals surface area contributed by atoms with Gasteiger partial charge in [-0.1, -0.05) is 72.0 Å². The lowest BCUT2D eigenvalue weighted by Crippen LogP contribution is -2.39. The van der Waals surface area contributed by atoms with E-state index in [0.717, 1.165) is 10.4 Å². The van der Waals surface area contributed by atoms with Gasteiger partial charge in [-0.25, -0.2) is 14.2 Å². The Morgan fingerprint density at radius 2 is 1.76 bits per heavy atom. The smallest absolute Gasteiger partial charge is 0.338 e. The summed E-state index contributed by atoms with van der Waals surface area (Å²) in [5.41, 5.74) is 2.43. The highest BCUT2D eigenvalue weighted by Crippen LogP contribution is 2.37. The van der Waals surface area contributed by atoms with Crippen molar-refractivity contribution in [1.82, 2.24) is 4.57 Å². The van der Waals surface area contributed by atoms with Gasteiger partial charge in [-0.05, 0) is 55.1 Å². The van der Waals surface area contributed by atoms with Crippen molar-refractivity contribution in [2.24, 2.45) is 4.99 Å². The van der Waals surface area contributed by atoms with Crippen LogP contribution in [0.2, 0.25) is 0 Å². The Morgan fingerprint density at radius 3 is 2.49 bits per heavy atom. The molecule has 228 valence electrons. The molecule has 0 saturated carbocycles. The first kappa shape index (κ1) is 30.2. The molecule has 7 nitrogen and oxygen atoms in total. The first-order valence-corrected chi connectivity index (χ1v) is 16.1. The van der Waals surface area contributed by atoms with Crippen molar-refractivity contribution in [2.75, 3.05) is 13.2 Å². The maximum atomic E-state index is 14.1. The molecule has 0 amide bonds. The number of thiophene rings is 1. The van der Waals surface area contributed by atoms with Gasteiger partial charge in [-0.2, -0.15) is 0 Å². The lowest BCUT2D eigenvalue weighted by atomic mass is 9.97. The molecule has 5 aromatic rings. The van der Waals surface area contributed by atoms with Gasteiger partial charge in [0.2, 0.25) is 0 Å². The lowest BCUT2D eigenvalue weighted by Gasteiger charge is -2.24. The number of carbonyl (C=O) groups excluding carboxylic acids is 1. The third-order valence-corrected chi connectivity index (χ3v) is 9.00. The highest BCUT2D eigenvalue weighted by molar-refractivity contribution is 7.10. The number of aromatic nitrogens is 1. The van der Waals surface area contributed by atoms with Crippen LogP contribution in [-0.2, 0) is 16.1 Å². The zero-order valence-electron chi connectivity index (χ0n) is 24.6. The van der Waals surface area contributed by atoms with Crippen LogP contribution in [0.3, 0.4) is 0 Å².